The number of morpholine rings is 1. The van der Waals surface area contributed by atoms with Crippen LogP contribution in [0.1, 0.15) is 18.4 Å². The Hall–Kier alpha value is -1.99. The largest absolute Gasteiger partial charge is 0.379 e. The highest BCUT2D eigenvalue weighted by molar-refractivity contribution is 5.87. The van der Waals surface area contributed by atoms with Crippen LogP contribution in [-0.2, 0) is 20.7 Å². The number of pyridine rings is 1. The number of carbonyl (C=O) groups is 2. The minimum atomic E-state index is -0.352. The number of hydrogen-bond donors (Lipinski definition) is 0. The second kappa shape index (κ2) is 7.94. The third-order valence-corrected chi connectivity index (χ3v) is 6.18. The molecule has 2 amide bonds. The number of hydrogen-bond acceptors (Lipinski definition) is 5. The molecule has 4 rings (SSSR count). The maximum Gasteiger partial charge on any atom is 0.230 e. The Kier molecular flexibility index (Phi) is 5.41. The zero-order chi connectivity index (χ0) is 18.7. The van der Waals surface area contributed by atoms with Gasteiger partial charge in [0.25, 0.3) is 0 Å². The van der Waals surface area contributed by atoms with Crippen LogP contribution in [0.5, 0.6) is 0 Å². The maximum absolute atomic E-state index is 13.1. The van der Waals surface area contributed by atoms with Crippen molar-refractivity contribution in [1.82, 2.24) is 19.7 Å². The van der Waals surface area contributed by atoms with Crippen molar-refractivity contribution in [3.05, 3.63) is 30.1 Å². The van der Waals surface area contributed by atoms with Gasteiger partial charge in [-0.1, -0.05) is 6.07 Å². The summed E-state index contributed by atoms with van der Waals surface area (Å²) in [5.74, 6) is 0.340. The number of aromatic nitrogens is 1. The van der Waals surface area contributed by atoms with Crippen LogP contribution in [0.4, 0.5) is 0 Å². The standard InChI is InChI=1S/C20H28N4O3/c25-18(14-17-2-1-5-21-15-17)24-7-4-20(16-24)3-6-23(19(20)26)9-8-22-10-12-27-13-11-22/h1-2,5,15H,3-4,6-14,16H2. The van der Waals surface area contributed by atoms with Crippen molar-refractivity contribution in [3.8, 4) is 0 Å². The molecule has 7 heteroatoms. The summed E-state index contributed by atoms with van der Waals surface area (Å²) in [6.45, 7) is 7.22. The van der Waals surface area contributed by atoms with Crippen LogP contribution >= 0.6 is 0 Å². The second-order valence-corrected chi connectivity index (χ2v) is 7.88. The molecule has 0 N–H and O–H groups in total. The van der Waals surface area contributed by atoms with E-state index in [0.29, 0.717) is 19.5 Å². The van der Waals surface area contributed by atoms with E-state index in [1.165, 1.54) is 0 Å². The fourth-order valence-electron chi connectivity index (χ4n) is 4.45. The molecule has 0 aliphatic carbocycles. The molecule has 3 aliphatic rings. The van der Waals surface area contributed by atoms with E-state index in [-0.39, 0.29) is 17.2 Å². The molecule has 7 nitrogen and oxygen atoms in total. The molecular weight excluding hydrogens is 344 g/mol. The number of nitrogens with zero attached hydrogens (tertiary/aromatic N) is 4. The average molecular weight is 372 g/mol. The van der Waals surface area contributed by atoms with Crippen molar-refractivity contribution >= 4 is 11.8 Å². The Morgan fingerprint density at radius 2 is 1.96 bits per heavy atom. The number of ether oxygens (including phenoxy) is 1. The minimum absolute atomic E-state index is 0.0967. The van der Waals surface area contributed by atoms with Gasteiger partial charge >= 0.3 is 0 Å². The molecule has 3 aliphatic heterocycles. The first kappa shape index (κ1) is 18.4. The highest BCUT2D eigenvalue weighted by atomic mass is 16.5. The molecule has 27 heavy (non-hydrogen) atoms. The average Bonchev–Trinajstić information content (AvgIpc) is 3.27. The van der Waals surface area contributed by atoms with Gasteiger partial charge in [-0.15, -0.1) is 0 Å². The van der Waals surface area contributed by atoms with Crippen molar-refractivity contribution in [2.24, 2.45) is 5.41 Å². The van der Waals surface area contributed by atoms with Gasteiger partial charge in [-0.25, -0.2) is 0 Å². The molecule has 3 fully saturated rings. The lowest BCUT2D eigenvalue weighted by Crippen LogP contribution is -2.44. The monoisotopic (exact) mass is 372 g/mol. The van der Waals surface area contributed by atoms with E-state index < -0.39 is 0 Å². The summed E-state index contributed by atoms with van der Waals surface area (Å²) >= 11 is 0. The molecule has 0 bridgehead atoms. The summed E-state index contributed by atoms with van der Waals surface area (Å²) < 4.78 is 5.38. The molecule has 0 radical (unpaired) electrons. The van der Waals surface area contributed by atoms with Crippen LogP contribution in [-0.4, -0.2) is 90.5 Å². The van der Waals surface area contributed by atoms with E-state index in [0.717, 1.165) is 64.3 Å². The zero-order valence-electron chi connectivity index (χ0n) is 15.8. The Morgan fingerprint density at radius 3 is 2.74 bits per heavy atom. The van der Waals surface area contributed by atoms with Crippen LogP contribution in [0.3, 0.4) is 0 Å². The molecule has 1 aromatic heterocycles. The number of rotatable bonds is 5. The number of likely N-dealkylation sites (tertiary alicyclic amines) is 2. The molecule has 3 saturated heterocycles. The Bertz CT molecular complexity index is 677. The maximum atomic E-state index is 13.1. The number of amides is 2. The fourth-order valence-corrected chi connectivity index (χ4v) is 4.45. The molecule has 146 valence electrons. The van der Waals surface area contributed by atoms with E-state index in [1.54, 1.807) is 12.4 Å². The first-order valence-corrected chi connectivity index (χ1v) is 9.92. The summed E-state index contributed by atoms with van der Waals surface area (Å²) in [5, 5.41) is 0. The van der Waals surface area contributed by atoms with Crippen molar-refractivity contribution in [3.63, 3.8) is 0 Å². The second-order valence-electron chi connectivity index (χ2n) is 7.88. The van der Waals surface area contributed by atoms with E-state index in [4.69, 9.17) is 4.74 Å². The lowest BCUT2D eigenvalue weighted by molar-refractivity contribution is -0.136. The van der Waals surface area contributed by atoms with Gasteiger partial charge in [0.1, 0.15) is 0 Å². The third kappa shape index (κ3) is 3.99. The van der Waals surface area contributed by atoms with Gasteiger partial charge < -0.3 is 14.5 Å². The van der Waals surface area contributed by atoms with E-state index >= 15 is 0 Å². The zero-order valence-corrected chi connectivity index (χ0v) is 15.8. The third-order valence-electron chi connectivity index (χ3n) is 6.18. The van der Waals surface area contributed by atoms with Crippen LogP contribution in [0, 0.1) is 5.41 Å². The van der Waals surface area contributed by atoms with Crippen LogP contribution in [0.2, 0.25) is 0 Å². The van der Waals surface area contributed by atoms with Gasteiger partial charge in [0.2, 0.25) is 11.8 Å². The molecule has 0 aromatic carbocycles. The molecule has 1 spiro atoms. The van der Waals surface area contributed by atoms with Gasteiger partial charge in [-0.3, -0.25) is 19.5 Å². The van der Waals surface area contributed by atoms with Crippen molar-refractivity contribution in [1.29, 1.82) is 0 Å². The molecular formula is C20H28N4O3. The predicted octanol–water partition coefficient (Wildman–Crippen LogP) is 0.407. The summed E-state index contributed by atoms with van der Waals surface area (Å²) in [7, 11) is 0. The quantitative estimate of drug-likeness (QED) is 0.749. The van der Waals surface area contributed by atoms with Crippen LogP contribution < -0.4 is 0 Å². The summed E-state index contributed by atoms with van der Waals surface area (Å²) in [5.41, 5.74) is 0.573. The van der Waals surface area contributed by atoms with Gasteiger partial charge in [0, 0.05) is 58.2 Å². The van der Waals surface area contributed by atoms with Gasteiger partial charge in [0.15, 0.2) is 0 Å². The van der Waals surface area contributed by atoms with Gasteiger partial charge in [0.05, 0.1) is 25.0 Å². The van der Waals surface area contributed by atoms with E-state index in [1.807, 2.05) is 21.9 Å². The molecule has 1 aromatic rings. The molecule has 4 heterocycles. The summed E-state index contributed by atoms with van der Waals surface area (Å²) in [6.07, 6.45) is 5.46. The van der Waals surface area contributed by atoms with E-state index in [2.05, 4.69) is 9.88 Å². The minimum Gasteiger partial charge on any atom is -0.379 e. The lowest BCUT2D eigenvalue weighted by Gasteiger charge is -2.29. The molecule has 0 saturated carbocycles. The van der Waals surface area contributed by atoms with E-state index in [9.17, 15) is 9.59 Å². The van der Waals surface area contributed by atoms with Crippen molar-refractivity contribution in [2.75, 3.05) is 59.0 Å². The Morgan fingerprint density at radius 1 is 1.15 bits per heavy atom. The normalized spacial score (nSPS) is 26.3. The lowest BCUT2D eigenvalue weighted by atomic mass is 9.85. The van der Waals surface area contributed by atoms with Crippen molar-refractivity contribution < 1.29 is 14.3 Å². The van der Waals surface area contributed by atoms with Gasteiger partial charge in [-0.2, -0.15) is 0 Å². The van der Waals surface area contributed by atoms with Crippen molar-refractivity contribution in [2.45, 2.75) is 19.3 Å². The highest BCUT2D eigenvalue weighted by Gasteiger charge is 2.51. The Balaban J connectivity index is 1.30. The SMILES string of the molecule is O=C(Cc1cccnc1)N1CCC2(CCN(CCN3CCOCC3)C2=O)C1. The topological polar surface area (TPSA) is 66.0 Å². The number of carbonyl (C=O) groups excluding carboxylic acids is 2. The summed E-state index contributed by atoms with van der Waals surface area (Å²) in [6, 6.07) is 3.77. The molecule has 1 atom stereocenters. The summed E-state index contributed by atoms with van der Waals surface area (Å²) in [4.78, 5) is 36.0. The Labute approximate surface area is 160 Å². The highest BCUT2D eigenvalue weighted by Crippen LogP contribution is 2.40. The smallest absolute Gasteiger partial charge is 0.230 e. The van der Waals surface area contributed by atoms with Crippen LogP contribution in [0.25, 0.3) is 0 Å². The van der Waals surface area contributed by atoms with Gasteiger partial charge in [-0.05, 0) is 24.5 Å². The fraction of sp³-hybridized carbons (Fsp3) is 0.650. The van der Waals surface area contributed by atoms with Crippen LogP contribution in [0.15, 0.2) is 24.5 Å². The molecule has 1 unspecified atom stereocenters. The predicted molar refractivity (Wildman–Crippen MR) is 100 cm³/mol. The first-order chi connectivity index (χ1) is 13.2. The first-order valence-electron chi connectivity index (χ1n) is 9.92.